The third-order valence-corrected chi connectivity index (χ3v) is 3.78. The summed E-state index contributed by atoms with van der Waals surface area (Å²) >= 11 is 1.63. The van der Waals surface area contributed by atoms with Crippen LogP contribution in [0.1, 0.15) is 29.7 Å². The first-order chi connectivity index (χ1) is 8.35. The van der Waals surface area contributed by atoms with Crippen LogP contribution in [-0.4, -0.2) is 10.1 Å². The lowest BCUT2D eigenvalue weighted by atomic mass is 10.1. The van der Waals surface area contributed by atoms with Crippen LogP contribution in [0.3, 0.4) is 0 Å². The van der Waals surface area contributed by atoms with Gasteiger partial charge < -0.3 is 5.11 Å². The van der Waals surface area contributed by atoms with E-state index in [1.165, 1.54) is 17.7 Å². The number of nitrogens with zero attached hydrogens (tertiary/aromatic N) is 1. The number of thiazole rings is 1. The maximum atomic E-state index is 9.20. The van der Waals surface area contributed by atoms with Crippen LogP contribution in [0.25, 0.3) is 11.3 Å². The Morgan fingerprint density at radius 1 is 1.24 bits per heavy atom. The molecule has 17 heavy (non-hydrogen) atoms. The molecule has 1 N–H and O–H groups in total. The molecule has 0 saturated carbocycles. The first-order valence-corrected chi connectivity index (χ1v) is 6.81. The molecular weight excluding hydrogens is 230 g/mol. The second-order valence-electron chi connectivity index (χ2n) is 4.01. The maximum absolute atomic E-state index is 9.20. The number of aromatic nitrogens is 1. The normalized spacial score (nSPS) is 10.7. The standard InChI is InChI=1S/C14H17NOS/c1-2-3-9-12-14(15-13(10-16)17-12)11-7-5-4-6-8-11/h4-8,16H,2-3,9-10H2,1H3. The van der Waals surface area contributed by atoms with E-state index < -0.39 is 0 Å². The second kappa shape index (κ2) is 5.94. The molecule has 0 fully saturated rings. The van der Waals surface area contributed by atoms with Gasteiger partial charge in [-0.3, -0.25) is 0 Å². The molecule has 0 atom stereocenters. The zero-order chi connectivity index (χ0) is 12.1. The summed E-state index contributed by atoms with van der Waals surface area (Å²) in [7, 11) is 0. The molecule has 0 aliphatic rings. The van der Waals surface area contributed by atoms with Gasteiger partial charge in [0, 0.05) is 10.4 Å². The minimum atomic E-state index is 0.0383. The van der Waals surface area contributed by atoms with Crippen molar-refractivity contribution in [3.8, 4) is 11.3 Å². The van der Waals surface area contributed by atoms with E-state index in [9.17, 15) is 5.11 Å². The van der Waals surface area contributed by atoms with Crippen LogP contribution in [0.5, 0.6) is 0 Å². The van der Waals surface area contributed by atoms with E-state index >= 15 is 0 Å². The Morgan fingerprint density at radius 3 is 2.65 bits per heavy atom. The molecule has 0 amide bonds. The second-order valence-corrected chi connectivity index (χ2v) is 5.18. The van der Waals surface area contributed by atoms with E-state index in [2.05, 4.69) is 24.0 Å². The zero-order valence-electron chi connectivity index (χ0n) is 10.0. The Labute approximate surface area is 106 Å². The van der Waals surface area contributed by atoms with Crippen molar-refractivity contribution >= 4 is 11.3 Å². The van der Waals surface area contributed by atoms with E-state index in [4.69, 9.17) is 0 Å². The largest absolute Gasteiger partial charge is 0.389 e. The predicted molar refractivity (Wildman–Crippen MR) is 72.1 cm³/mol. The maximum Gasteiger partial charge on any atom is 0.119 e. The highest BCUT2D eigenvalue weighted by Crippen LogP contribution is 2.29. The summed E-state index contributed by atoms with van der Waals surface area (Å²) < 4.78 is 0. The van der Waals surface area contributed by atoms with Crippen molar-refractivity contribution in [2.45, 2.75) is 32.8 Å². The summed E-state index contributed by atoms with van der Waals surface area (Å²) in [4.78, 5) is 5.81. The van der Waals surface area contributed by atoms with Gasteiger partial charge in [0.2, 0.25) is 0 Å². The Kier molecular flexibility index (Phi) is 4.29. The van der Waals surface area contributed by atoms with Crippen molar-refractivity contribution in [1.29, 1.82) is 0 Å². The zero-order valence-corrected chi connectivity index (χ0v) is 10.8. The molecule has 0 spiro atoms. The molecule has 0 aliphatic carbocycles. The molecule has 1 heterocycles. The van der Waals surface area contributed by atoms with E-state index in [-0.39, 0.29) is 6.61 Å². The third kappa shape index (κ3) is 2.93. The average molecular weight is 247 g/mol. The number of aliphatic hydroxyl groups is 1. The SMILES string of the molecule is CCCCc1sc(CO)nc1-c1ccccc1. The van der Waals surface area contributed by atoms with E-state index in [0.29, 0.717) is 0 Å². The van der Waals surface area contributed by atoms with Crippen molar-refractivity contribution < 1.29 is 5.11 Å². The fourth-order valence-corrected chi connectivity index (χ4v) is 2.79. The number of hydrogen-bond acceptors (Lipinski definition) is 3. The summed E-state index contributed by atoms with van der Waals surface area (Å²) in [6.07, 6.45) is 3.41. The third-order valence-electron chi connectivity index (χ3n) is 2.68. The lowest BCUT2D eigenvalue weighted by molar-refractivity contribution is 0.281. The van der Waals surface area contributed by atoms with E-state index in [1.54, 1.807) is 11.3 Å². The number of benzene rings is 1. The fourth-order valence-electron chi connectivity index (χ4n) is 1.80. The van der Waals surface area contributed by atoms with Gasteiger partial charge >= 0.3 is 0 Å². The molecule has 0 unspecified atom stereocenters. The molecular formula is C14H17NOS. The highest BCUT2D eigenvalue weighted by molar-refractivity contribution is 7.12. The highest BCUT2D eigenvalue weighted by Gasteiger charge is 2.11. The van der Waals surface area contributed by atoms with Crippen molar-refractivity contribution in [2.75, 3.05) is 0 Å². The molecule has 0 radical (unpaired) electrons. The van der Waals surface area contributed by atoms with Crippen molar-refractivity contribution in [1.82, 2.24) is 4.98 Å². The smallest absolute Gasteiger partial charge is 0.119 e. The van der Waals surface area contributed by atoms with Gasteiger partial charge in [0.25, 0.3) is 0 Å². The Bertz CT molecular complexity index is 464. The molecule has 1 aromatic heterocycles. The quantitative estimate of drug-likeness (QED) is 0.875. The molecule has 3 heteroatoms. The average Bonchev–Trinajstić information content (AvgIpc) is 2.80. The van der Waals surface area contributed by atoms with E-state index in [0.717, 1.165) is 22.7 Å². The van der Waals surface area contributed by atoms with Crippen molar-refractivity contribution in [2.24, 2.45) is 0 Å². The van der Waals surface area contributed by atoms with Crippen LogP contribution < -0.4 is 0 Å². The topological polar surface area (TPSA) is 33.1 Å². The number of rotatable bonds is 5. The van der Waals surface area contributed by atoms with Crippen LogP contribution in [0.2, 0.25) is 0 Å². The predicted octanol–water partition coefficient (Wildman–Crippen LogP) is 3.65. The number of aliphatic hydroxyl groups excluding tert-OH is 1. The summed E-state index contributed by atoms with van der Waals surface area (Å²) in [6, 6.07) is 10.2. The Balaban J connectivity index is 2.34. The van der Waals surface area contributed by atoms with Crippen LogP contribution in [0.4, 0.5) is 0 Å². The summed E-state index contributed by atoms with van der Waals surface area (Å²) in [5.74, 6) is 0. The minimum Gasteiger partial charge on any atom is -0.389 e. The Hall–Kier alpha value is -1.19. The molecule has 2 aromatic rings. The lowest BCUT2D eigenvalue weighted by Gasteiger charge is -2.01. The summed E-state index contributed by atoms with van der Waals surface area (Å²) in [5.41, 5.74) is 2.20. The monoisotopic (exact) mass is 247 g/mol. The molecule has 1 aromatic carbocycles. The number of hydrogen-bond donors (Lipinski definition) is 1. The molecule has 0 saturated heterocycles. The molecule has 0 aliphatic heterocycles. The molecule has 2 rings (SSSR count). The van der Waals surface area contributed by atoms with Crippen LogP contribution >= 0.6 is 11.3 Å². The summed E-state index contributed by atoms with van der Waals surface area (Å²) in [6.45, 7) is 2.23. The van der Waals surface area contributed by atoms with E-state index in [1.807, 2.05) is 18.2 Å². The van der Waals surface area contributed by atoms with Gasteiger partial charge in [-0.25, -0.2) is 4.98 Å². The molecule has 2 nitrogen and oxygen atoms in total. The van der Waals surface area contributed by atoms with Gasteiger partial charge in [-0.15, -0.1) is 11.3 Å². The minimum absolute atomic E-state index is 0.0383. The first kappa shape index (κ1) is 12.3. The molecule has 0 bridgehead atoms. The first-order valence-electron chi connectivity index (χ1n) is 6.00. The lowest BCUT2D eigenvalue weighted by Crippen LogP contribution is -1.86. The number of aryl methyl sites for hydroxylation is 1. The number of unbranched alkanes of at least 4 members (excludes halogenated alkanes) is 1. The van der Waals surface area contributed by atoms with Gasteiger partial charge in [0.05, 0.1) is 12.3 Å². The molecule has 90 valence electrons. The van der Waals surface area contributed by atoms with Crippen LogP contribution in [0.15, 0.2) is 30.3 Å². The van der Waals surface area contributed by atoms with Crippen LogP contribution in [0, 0.1) is 0 Å². The van der Waals surface area contributed by atoms with Gasteiger partial charge in [0.15, 0.2) is 0 Å². The highest BCUT2D eigenvalue weighted by atomic mass is 32.1. The van der Waals surface area contributed by atoms with Gasteiger partial charge in [0.1, 0.15) is 5.01 Å². The van der Waals surface area contributed by atoms with Crippen LogP contribution in [-0.2, 0) is 13.0 Å². The van der Waals surface area contributed by atoms with Gasteiger partial charge in [-0.2, -0.15) is 0 Å². The Morgan fingerprint density at radius 2 is 2.00 bits per heavy atom. The van der Waals surface area contributed by atoms with Crippen molar-refractivity contribution in [3.05, 3.63) is 40.2 Å². The van der Waals surface area contributed by atoms with Gasteiger partial charge in [-0.1, -0.05) is 43.7 Å². The summed E-state index contributed by atoms with van der Waals surface area (Å²) in [5, 5.41) is 10.0. The van der Waals surface area contributed by atoms with Crippen molar-refractivity contribution in [3.63, 3.8) is 0 Å². The van der Waals surface area contributed by atoms with Gasteiger partial charge in [-0.05, 0) is 12.8 Å². The fraction of sp³-hybridized carbons (Fsp3) is 0.357.